The molecular weight excluding hydrogens is 288 g/mol. The zero-order chi connectivity index (χ0) is 14.2. The van der Waals surface area contributed by atoms with Gasteiger partial charge in [0.1, 0.15) is 12.4 Å². The second-order valence-electron chi connectivity index (χ2n) is 4.41. The van der Waals surface area contributed by atoms with Gasteiger partial charge in [0.15, 0.2) is 0 Å². The van der Waals surface area contributed by atoms with Crippen LogP contribution in [-0.4, -0.2) is 13.0 Å². The first kappa shape index (κ1) is 17.0. The molecule has 0 radical (unpaired) electrons. The molecule has 21 heavy (non-hydrogen) atoms. The van der Waals surface area contributed by atoms with Crippen LogP contribution in [0.15, 0.2) is 48.5 Å². The lowest BCUT2D eigenvalue weighted by molar-refractivity contribution is -0.105. The molecule has 0 saturated carbocycles. The average molecular weight is 307 g/mol. The van der Waals surface area contributed by atoms with E-state index in [2.05, 4.69) is 5.32 Å². The van der Waals surface area contributed by atoms with Crippen molar-refractivity contribution in [2.75, 3.05) is 11.9 Å². The fraction of sp³-hybridized carbons (Fsp3) is 0.188. The van der Waals surface area contributed by atoms with Crippen LogP contribution >= 0.6 is 12.4 Å². The predicted molar refractivity (Wildman–Crippen MR) is 86.9 cm³/mol. The summed E-state index contributed by atoms with van der Waals surface area (Å²) in [5.74, 6) is 0.654. The van der Waals surface area contributed by atoms with E-state index in [-0.39, 0.29) is 12.4 Å². The smallest absolute Gasteiger partial charge is 0.211 e. The van der Waals surface area contributed by atoms with Gasteiger partial charge in [-0.25, -0.2) is 0 Å². The van der Waals surface area contributed by atoms with Gasteiger partial charge in [0.2, 0.25) is 6.41 Å². The SMILES string of the molecule is Cl.NCCc1ccc(OCc2ccccc2)c(NC=O)c1. The summed E-state index contributed by atoms with van der Waals surface area (Å²) in [4.78, 5) is 10.7. The Morgan fingerprint density at radius 1 is 1.10 bits per heavy atom. The summed E-state index contributed by atoms with van der Waals surface area (Å²) in [7, 11) is 0. The summed E-state index contributed by atoms with van der Waals surface area (Å²) in [6.45, 7) is 1.04. The molecule has 0 saturated heterocycles. The lowest BCUT2D eigenvalue weighted by atomic mass is 10.1. The molecule has 0 atom stereocenters. The number of amides is 1. The molecule has 0 fully saturated rings. The maximum atomic E-state index is 10.7. The second-order valence-corrected chi connectivity index (χ2v) is 4.41. The minimum absolute atomic E-state index is 0. The Kier molecular flexibility index (Phi) is 7.29. The van der Waals surface area contributed by atoms with E-state index in [0.717, 1.165) is 17.5 Å². The highest BCUT2D eigenvalue weighted by Gasteiger charge is 2.05. The molecule has 2 rings (SSSR count). The minimum atomic E-state index is 0. The van der Waals surface area contributed by atoms with E-state index in [1.165, 1.54) is 0 Å². The van der Waals surface area contributed by atoms with Crippen molar-refractivity contribution in [2.45, 2.75) is 13.0 Å². The number of rotatable bonds is 7. The number of nitrogens with two attached hydrogens (primary N) is 1. The molecule has 0 unspecified atom stereocenters. The molecule has 0 bridgehead atoms. The lowest BCUT2D eigenvalue weighted by Gasteiger charge is -2.12. The van der Waals surface area contributed by atoms with Crippen molar-refractivity contribution in [3.8, 4) is 5.75 Å². The van der Waals surface area contributed by atoms with E-state index in [0.29, 0.717) is 31.0 Å². The predicted octanol–water partition coefficient (Wildman–Crippen LogP) is 2.76. The summed E-state index contributed by atoms with van der Waals surface area (Å²) in [5, 5.41) is 2.66. The molecule has 112 valence electrons. The van der Waals surface area contributed by atoms with E-state index in [1.807, 2.05) is 48.5 Å². The lowest BCUT2D eigenvalue weighted by Crippen LogP contribution is -2.05. The first-order valence-electron chi connectivity index (χ1n) is 6.53. The largest absolute Gasteiger partial charge is 0.487 e. The van der Waals surface area contributed by atoms with Crippen molar-refractivity contribution >= 4 is 24.5 Å². The molecule has 0 aromatic heterocycles. The highest BCUT2D eigenvalue weighted by atomic mass is 35.5. The van der Waals surface area contributed by atoms with Crippen molar-refractivity contribution in [3.63, 3.8) is 0 Å². The van der Waals surface area contributed by atoms with Gasteiger partial charge in [0.25, 0.3) is 0 Å². The van der Waals surface area contributed by atoms with E-state index in [9.17, 15) is 4.79 Å². The molecule has 2 aromatic carbocycles. The fourth-order valence-corrected chi connectivity index (χ4v) is 1.94. The van der Waals surface area contributed by atoms with Crippen LogP contribution in [-0.2, 0) is 17.8 Å². The Morgan fingerprint density at radius 2 is 1.86 bits per heavy atom. The molecule has 0 aliphatic carbocycles. The molecule has 4 nitrogen and oxygen atoms in total. The molecule has 3 N–H and O–H groups in total. The third kappa shape index (κ3) is 5.10. The van der Waals surface area contributed by atoms with E-state index in [1.54, 1.807) is 0 Å². The van der Waals surface area contributed by atoms with Crippen molar-refractivity contribution < 1.29 is 9.53 Å². The summed E-state index contributed by atoms with van der Waals surface area (Å²) in [6.07, 6.45) is 1.42. The summed E-state index contributed by atoms with van der Waals surface area (Å²) in [6, 6.07) is 15.6. The zero-order valence-electron chi connectivity index (χ0n) is 11.6. The fourth-order valence-electron chi connectivity index (χ4n) is 1.94. The number of nitrogens with one attached hydrogen (secondary N) is 1. The summed E-state index contributed by atoms with van der Waals surface area (Å²) >= 11 is 0. The number of carbonyl (C=O) groups is 1. The van der Waals surface area contributed by atoms with Crippen LogP contribution in [0.5, 0.6) is 5.75 Å². The molecule has 1 amide bonds. The van der Waals surface area contributed by atoms with Crippen molar-refractivity contribution in [2.24, 2.45) is 5.73 Å². The van der Waals surface area contributed by atoms with Crippen molar-refractivity contribution in [1.29, 1.82) is 0 Å². The van der Waals surface area contributed by atoms with Crippen molar-refractivity contribution in [3.05, 3.63) is 59.7 Å². The van der Waals surface area contributed by atoms with Crippen LogP contribution in [0.3, 0.4) is 0 Å². The first-order chi connectivity index (χ1) is 9.83. The van der Waals surface area contributed by atoms with E-state index in [4.69, 9.17) is 10.5 Å². The maximum Gasteiger partial charge on any atom is 0.211 e. The number of hydrogen-bond acceptors (Lipinski definition) is 3. The van der Waals surface area contributed by atoms with Crippen LogP contribution in [0, 0.1) is 0 Å². The highest BCUT2D eigenvalue weighted by Crippen LogP contribution is 2.26. The van der Waals surface area contributed by atoms with E-state index >= 15 is 0 Å². The molecule has 0 spiro atoms. The molecule has 5 heteroatoms. The molecule has 0 heterocycles. The monoisotopic (exact) mass is 306 g/mol. The highest BCUT2D eigenvalue weighted by molar-refractivity contribution is 5.85. The van der Waals surface area contributed by atoms with Crippen LogP contribution in [0.1, 0.15) is 11.1 Å². The number of anilines is 1. The third-order valence-electron chi connectivity index (χ3n) is 2.93. The standard InChI is InChI=1S/C16H18N2O2.ClH/c17-9-8-13-6-7-16(15(10-13)18-12-19)20-11-14-4-2-1-3-5-14;/h1-7,10,12H,8-9,11,17H2,(H,18,19);1H. The average Bonchev–Trinajstić information content (AvgIpc) is 2.48. The number of ether oxygens (including phenoxy) is 1. The van der Waals surface area contributed by atoms with Crippen LogP contribution < -0.4 is 15.8 Å². The Hall–Kier alpha value is -2.04. The number of carbonyl (C=O) groups excluding carboxylic acids is 1. The van der Waals surface area contributed by atoms with Gasteiger partial charge < -0.3 is 15.8 Å². The number of hydrogen-bond donors (Lipinski definition) is 2. The topological polar surface area (TPSA) is 64.3 Å². The Balaban J connectivity index is 0.00000220. The molecule has 0 aliphatic rings. The normalized spacial score (nSPS) is 9.57. The van der Waals surface area contributed by atoms with Crippen LogP contribution in [0.25, 0.3) is 0 Å². The van der Waals surface area contributed by atoms with Gasteiger partial charge in [-0.05, 0) is 36.2 Å². The molecular formula is C16H19ClN2O2. The van der Waals surface area contributed by atoms with Gasteiger partial charge >= 0.3 is 0 Å². The summed E-state index contributed by atoms with van der Waals surface area (Å²) < 4.78 is 5.76. The quantitative estimate of drug-likeness (QED) is 0.773. The number of benzene rings is 2. The summed E-state index contributed by atoms with van der Waals surface area (Å²) in [5.41, 5.74) is 8.36. The Morgan fingerprint density at radius 3 is 2.52 bits per heavy atom. The van der Waals surface area contributed by atoms with Gasteiger partial charge in [-0.15, -0.1) is 12.4 Å². The Labute approximate surface area is 130 Å². The van der Waals surface area contributed by atoms with Gasteiger partial charge in [0.05, 0.1) is 5.69 Å². The minimum Gasteiger partial charge on any atom is -0.487 e. The van der Waals surface area contributed by atoms with Gasteiger partial charge in [0, 0.05) is 0 Å². The van der Waals surface area contributed by atoms with Gasteiger partial charge in [-0.2, -0.15) is 0 Å². The second kappa shape index (κ2) is 9.00. The van der Waals surface area contributed by atoms with Gasteiger partial charge in [-0.3, -0.25) is 4.79 Å². The first-order valence-corrected chi connectivity index (χ1v) is 6.53. The maximum absolute atomic E-state index is 10.7. The Bertz CT molecular complexity index is 561. The van der Waals surface area contributed by atoms with Crippen LogP contribution in [0.2, 0.25) is 0 Å². The van der Waals surface area contributed by atoms with Crippen LogP contribution in [0.4, 0.5) is 5.69 Å². The third-order valence-corrected chi connectivity index (χ3v) is 2.93. The van der Waals surface area contributed by atoms with Gasteiger partial charge in [-0.1, -0.05) is 36.4 Å². The zero-order valence-corrected chi connectivity index (χ0v) is 12.4. The molecule has 0 aliphatic heterocycles. The number of halogens is 1. The van der Waals surface area contributed by atoms with E-state index < -0.39 is 0 Å². The molecule has 2 aromatic rings. The van der Waals surface area contributed by atoms with Crippen molar-refractivity contribution in [1.82, 2.24) is 0 Å².